The average molecular weight is 228 g/mol. The molecule has 0 saturated carbocycles. The first-order valence-corrected chi connectivity index (χ1v) is 4.27. The van der Waals surface area contributed by atoms with Crippen molar-refractivity contribution >= 4 is 16.8 Å². The molecule has 0 aliphatic rings. The summed E-state index contributed by atoms with van der Waals surface area (Å²) < 4.78 is 0. The van der Waals surface area contributed by atoms with E-state index in [4.69, 9.17) is 0 Å². The number of aromatic amines is 1. The molecule has 2 aromatic rings. The summed E-state index contributed by atoms with van der Waals surface area (Å²) in [5, 5.41) is 11.1. The summed E-state index contributed by atoms with van der Waals surface area (Å²) in [4.78, 5) is 13.9. The number of hydroxylamine groups is 1. The van der Waals surface area contributed by atoms with Gasteiger partial charge in [-0.3, -0.25) is 4.79 Å². The Kier molecular flexibility index (Phi) is 4.97. The molecule has 72 valence electrons. The topological polar surface area (TPSA) is 68.0 Å². The number of nitrogens with one attached hydrogen (secondary N) is 2. The Bertz CT molecular complexity index is 467. The molecular formula is C10H9KN2O2. The van der Waals surface area contributed by atoms with Gasteiger partial charge in [0.2, 0.25) is 5.91 Å². The van der Waals surface area contributed by atoms with Gasteiger partial charge in [-0.2, -0.15) is 0 Å². The number of fused-ring (bicyclic) bond motifs is 1. The van der Waals surface area contributed by atoms with E-state index in [1.54, 1.807) is 6.20 Å². The molecule has 0 aliphatic heterocycles. The number of aromatic nitrogens is 1. The Morgan fingerprint density at radius 2 is 2.13 bits per heavy atom. The molecule has 1 aromatic carbocycles. The molecule has 15 heavy (non-hydrogen) atoms. The van der Waals surface area contributed by atoms with Crippen LogP contribution in [0.15, 0.2) is 30.5 Å². The Hall–Kier alpha value is -0.174. The summed E-state index contributed by atoms with van der Waals surface area (Å²) >= 11 is 0. The van der Waals surface area contributed by atoms with Gasteiger partial charge in [0.25, 0.3) is 0 Å². The molecule has 0 spiro atoms. The second-order valence-electron chi connectivity index (χ2n) is 3.06. The SMILES string of the molecule is O=C(Cc1c[nH]c2ccccc12)N[O-].[K+]. The van der Waals surface area contributed by atoms with Gasteiger partial charge in [0.15, 0.2) is 0 Å². The van der Waals surface area contributed by atoms with Crippen molar-refractivity contribution in [2.75, 3.05) is 0 Å². The van der Waals surface area contributed by atoms with Crippen LogP contribution in [0, 0.1) is 5.21 Å². The number of H-pyrrole nitrogens is 1. The van der Waals surface area contributed by atoms with Gasteiger partial charge >= 0.3 is 51.4 Å². The van der Waals surface area contributed by atoms with Crippen molar-refractivity contribution in [2.24, 2.45) is 0 Å². The van der Waals surface area contributed by atoms with Crippen LogP contribution in [0.1, 0.15) is 5.56 Å². The Morgan fingerprint density at radius 1 is 1.40 bits per heavy atom. The van der Waals surface area contributed by atoms with Crippen molar-refractivity contribution in [1.29, 1.82) is 0 Å². The van der Waals surface area contributed by atoms with Crippen molar-refractivity contribution in [3.63, 3.8) is 0 Å². The molecule has 0 saturated heterocycles. The first-order chi connectivity index (χ1) is 6.81. The zero-order valence-corrected chi connectivity index (χ0v) is 11.5. The quantitative estimate of drug-likeness (QED) is 0.476. The van der Waals surface area contributed by atoms with Crippen molar-refractivity contribution in [1.82, 2.24) is 10.5 Å². The maximum atomic E-state index is 10.9. The number of para-hydroxylation sites is 1. The normalized spacial score (nSPS) is 9.67. The van der Waals surface area contributed by atoms with E-state index in [9.17, 15) is 10.0 Å². The molecule has 5 heteroatoms. The molecule has 2 N–H and O–H groups in total. The van der Waals surface area contributed by atoms with Gasteiger partial charge < -0.3 is 15.7 Å². The number of rotatable bonds is 2. The fourth-order valence-electron chi connectivity index (χ4n) is 1.49. The third kappa shape index (κ3) is 2.90. The summed E-state index contributed by atoms with van der Waals surface area (Å²) in [6.45, 7) is 0. The zero-order chi connectivity index (χ0) is 9.97. The van der Waals surface area contributed by atoms with E-state index in [1.807, 2.05) is 24.3 Å². The van der Waals surface area contributed by atoms with Gasteiger partial charge in [0.05, 0.1) is 6.42 Å². The summed E-state index contributed by atoms with van der Waals surface area (Å²) in [6, 6.07) is 7.65. The van der Waals surface area contributed by atoms with Crippen molar-refractivity contribution in [3.8, 4) is 0 Å². The number of carbonyl (C=O) groups is 1. The van der Waals surface area contributed by atoms with E-state index < -0.39 is 5.91 Å². The van der Waals surface area contributed by atoms with Crippen molar-refractivity contribution < 1.29 is 56.2 Å². The Labute approximate surface area is 129 Å². The van der Waals surface area contributed by atoms with Crippen LogP contribution >= 0.6 is 0 Å². The molecule has 1 amide bonds. The third-order valence-electron chi connectivity index (χ3n) is 2.14. The standard InChI is InChI=1S/C10H9N2O2.K/c13-10(12-14)5-7-6-11-9-4-2-1-3-8(7)9;/h1-4,6,11H,5H2,(H-,12,13,14);/q-1;+1. The molecule has 0 aliphatic carbocycles. The molecular weight excluding hydrogens is 219 g/mol. The first-order valence-electron chi connectivity index (χ1n) is 4.27. The minimum Gasteiger partial charge on any atom is -0.759 e. The van der Waals surface area contributed by atoms with Gasteiger partial charge in [0, 0.05) is 17.1 Å². The largest absolute Gasteiger partial charge is 1.00 e. The fourth-order valence-corrected chi connectivity index (χ4v) is 1.49. The predicted molar refractivity (Wildman–Crippen MR) is 53.5 cm³/mol. The van der Waals surface area contributed by atoms with Crippen LogP contribution in [0.5, 0.6) is 0 Å². The molecule has 0 atom stereocenters. The zero-order valence-electron chi connectivity index (χ0n) is 8.41. The maximum Gasteiger partial charge on any atom is 1.00 e. The van der Waals surface area contributed by atoms with E-state index >= 15 is 0 Å². The van der Waals surface area contributed by atoms with Crippen molar-refractivity contribution in [2.45, 2.75) is 6.42 Å². The summed E-state index contributed by atoms with van der Waals surface area (Å²) in [6.07, 6.45) is 1.87. The molecule has 0 fully saturated rings. The van der Waals surface area contributed by atoms with Crippen LogP contribution in [-0.2, 0) is 11.2 Å². The molecule has 0 unspecified atom stereocenters. The smallest absolute Gasteiger partial charge is 0.759 e. The Morgan fingerprint density at radius 3 is 2.87 bits per heavy atom. The van der Waals surface area contributed by atoms with Crippen LogP contribution in [0.25, 0.3) is 10.9 Å². The van der Waals surface area contributed by atoms with Crippen LogP contribution in [0.4, 0.5) is 0 Å². The predicted octanol–water partition coefficient (Wildman–Crippen LogP) is -1.67. The maximum absolute atomic E-state index is 10.9. The number of hydrogen-bond acceptors (Lipinski definition) is 2. The summed E-state index contributed by atoms with van der Waals surface area (Å²) in [5.74, 6) is -0.519. The summed E-state index contributed by atoms with van der Waals surface area (Å²) in [7, 11) is 0. The Balaban J connectivity index is 0.00000112. The minimum atomic E-state index is -0.519. The number of hydrogen-bond donors (Lipinski definition) is 2. The van der Waals surface area contributed by atoms with Crippen LogP contribution < -0.4 is 56.9 Å². The second kappa shape index (κ2) is 5.79. The number of carbonyl (C=O) groups excluding carboxylic acids is 1. The molecule has 2 rings (SSSR count). The number of benzene rings is 1. The molecule has 0 bridgehead atoms. The van der Waals surface area contributed by atoms with E-state index in [1.165, 1.54) is 5.48 Å². The molecule has 1 heterocycles. The summed E-state index contributed by atoms with van der Waals surface area (Å²) in [5.41, 5.74) is 3.18. The van der Waals surface area contributed by atoms with Gasteiger partial charge in [-0.05, 0) is 11.6 Å². The van der Waals surface area contributed by atoms with E-state index in [2.05, 4.69) is 4.98 Å². The van der Waals surface area contributed by atoms with Gasteiger partial charge in [-0.25, -0.2) is 0 Å². The third-order valence-corrected chi connectivity index (χ3v) is 2.14. The van der Waals surface area contributed by atoms with E-state index in [0.717, 1.165) is 16.5 Å². The van der Waals surface area contributed by atoms with E-state index in [0.29, 0.717) is 0 Å². The van der Waals surface area contributed by atoms with E-state index in [-0.39, 0.29) is 57.8 Å². The molecule has 4 nitrogen and oxygen atoms in total. The average Bonchev–Trinajstić information content (AvgIpc) is 2.62. The van der Waals surface area contributed by atoms with Gasteiger partial charge in [-0.15, -0.1) is 0 Å². The minimum absolute atomic E-state index is 0. The first kappa shape index (κ1) is 12.9. The van der Waals surface area contributed by atoms with Crippen LogP contribution in [-0.4, -0.2) is 10.9 Å². The van der Waals surface area contributed by atoms with Crippen molar-refractivity contribution in [3.05, 3.63) is 41.2 Å². The molecule has 0 radical (unpaired) electrons. The second-order valence-corrected chi connectivity index (χ2v) is 3.06. The van der Waals surface area contributed by atoms with Gasteiger partial charge in [0.1, 0.15) is 0 Å². The van der Waals surface area contributed by atoms with Crippen LogP contribution in [0.3, 0.4) is 0 Å². The monoisotopic (exact) mass is 228 g/mol. The van der Waals surface area contributed by atoms with Gasteiger partial charge in [-0.1, -0.05) is 18.2 Å². The fraction of sp³-hybridized carbons (Fsp3) is 0.100. The van der Waals surface area contributed by atoms with Crippen LogP contribution in [0.2, 0.25) is 0 Å². The number of amides is 1. The molecule has 1 aromatic heterocycles.